The van der Waals surface area contributed by atoms with Crippen LogP contribution in [0, 0.1) is 5.82 Å². The SMILES string of the molecule is NC1CC12CCOc1cc(F)ccc12. The Kier molecular flexibility index (Phi) is 1.46. The van der Waals surface area contributed by atoms with Crippen LogP contribution in [0.4, 0.5) is 4.39 Å². The second kappa shape index (κ2) is 2.48. The monoisotopic (exact) mass is 193 g/mol. The van der Waals surface area contributed by atoms with Gasteiger partial charge in [0, 0.05) is 23.1 Å². The van der Waals surface area contributed by atoms with Crippen molar-refractivity contribution in [3.8, 4) is 5.75 Å². The van der Waals surface area contributed by atoms with E-state index in [4.69, 9.17) is 10.5 Å². The molecule has 3 heteroatoms. The van der Waals surface area contributed by atoms with Crippen molar-refractivity contribution in [2.45, 2.75) is 24.3 Å². The molecule has 3 rings (SSSR count). The van der Waals surface area contributed by atoms with Gasteiger partial charge in [0.1, 0.15) is 11.6 Å². The molecule has 0 bridgehead atoms. The van der Waals surface area contributed by atoms with Crippen LogP contribution in [0.1, 0.15) is 18.4 Å². The minimum Gasteiger partial charge on any atom is -0.493 e. The third-order valence-corrected chi connectivity index (χ3v) is 3.42. The molecule has 0 amide bonds. The second-order valence-corrected chi connectivity index (χ2v) is 4.21. The Balaban J connectivity index is 2.12. The maximum Gasteiger partial charge on any atom is 0.126 e. The lowest BCUT2D eigenvalue weighted by Crippen LogP contribution is -2.26. The number of fused-ring (bicyclic) bond motifs is 2. The molecule has 0 saturated heterocycles. The van der Waals surface area contributed by atoms with Crippen LogP contribution in [-0.4, -0.2) is 12.6 Å². The molecule has 74 valence electrons. The number of ether oxygens (including phenoxy) is 1. The van der Waals surface area contributed by atoms with Crippen molar-refractivity contribution in [2.75, 3.05) is 6.61 Å². The fourth-order valence-corrected chi connectivity index (χ4v) is 2.44. The van der Waals surface area contributed by atoms with E-state index >= 15 is 0 Å². The lowest BCUT2D eigenvalue weighted by Gasteiger charge is -2.26. The molecular formula is C11H12FNO. The van der Waals surface area contributed by atoms with Crippen molar-refractivity contribution in [1.29, 1.82) is 0 Å². The minimum absolute atomic E-state index is 0.0985. The summed E-state index contributed by atoms with van der Waals surface area (Å²) in [6.07, 6.45) is 1.97. The van der Waals surface area contributed by atoms with Crippen LogP contribution in [0.25, 0.3) is 0 Å². The summed E-state index contributed by atoms with van der Waals surface area (Å²) in [5.74, 6) is 0.444. The number of hydrogen-bond donors (Lipinski definition) is 1. The molecule has 1 aromatic rings. The van der Waals surface area contributed by atoms with Crippen LogP contribution in [0.3, 0.4) is 0 Å². The molecule has 1 aromatic carbocycles. The van der Waals surface area contributed by atoms with Gasteiger partial charge < -0.3 is 10.5 Å². The number of nitrogens with two attached hydrogens (primary N) is 1. The molecule has 1 spiro atoms. The third-order valence-electron chi connectivity index (χ3n) is 3.42. The van der Waals surface area contributed by atoms with Gasteiger partial charge >= 0.3 is 0 Å². The van der Waals surface area contributed by atoms with E-state index in [1.807, 2.05) is 6.07 Å². The van der Waals surface area contributed by atoms with Crippen molar-refractivity contribution in [3.63, 3.8) is 0 Å². The van der Waals surface area contributed by atoms with Crippen molar-refractivity contribution >= 4 is 0 Å². The lowest BCUT2D eigenvalue weighted by atomic mass is 9.89. The molecular weight excluding hydrogens is 181 g/mol. The third kappa shape index (κ3) is 0.932. The average molecular weight is 193 g/mol. The Labute approximate surface area is 81.9 Å². The highest BCUT2D eigenvalue weighted by atomic mass is 19.1. The first-order valence-electron chi connectivity index (χ1n) is 4.91. The van der Waals surface area contributed by atoms with E-state index in [0.717, 1.165) is 18.4 Å². The standard InChI is InChI=1S/C11H12FNO/c12-7-1-2-8-9(5-7)14-4-3-11(8)6-10(11)13/h1-2,5,10H,3-4,6,13H2. The van der Waals surface area contributed by atoms with Gasteiger partial charge in [-0.25, -0.2) is 4.39 Å². The highest BCUT2D eigenvalue weighted by Gasteiger charge is 2.55. The summed E-state index contributed by atoms with van der Waals surface area (Å²) < 4.78 is 18.4. The maximum atomic E-state index is 13.0. The van der Waals surface area contributed by atoms with Gasteiger partial charge in [0.2, 0.25) is 0 Å². The van der Waals surface area contributed by atoms with Gasteiger partial charge in [-0.2, -0.15) is 0 Å². The molecule has 2 atom stereocenters. The van der Waals surface area contributed by atoms with Gasteiger partial charge in [-0.05, 0) is 18.9 Å². The van der Waals surface area contributed by atoms with Crippen molar-refractivity contribution in [1.82, 2.24) is 0 Å². The highest BCUT2D eigenvalue weighted by Crippen LogP contribution is 2.54. The molecule has 1 saturated carbocycles. The predicted octanol–water partition coefficient (Wildman–Crippen LogP) is 1.58. The minimum atomic E-state index is -0.241. The smallest absolute Gasteiger partial charge is 0.126 e. The van der Waals surface area contributed by atoms with E-state index in [1.54, 1.807) is 0 Å². The quantitative estimate of drug-likeness (QED) is 0.679. The van der Waals surface area contributed by atoms with Crippen LogP contribution < -0.4 is 10.5 Å². The maximum absolute atomic E-state index is 13.0. The van der Waals surface area contributed by atoms with Crippen molar-refractivity contribution in [3.05, 3.63) is 29.6 Å². The van der Waals surface area contributed by atoms with Crippen LogP contribution in [0.5, 0.6) is 5.75 Å². The zero-order valence-corrected chi connectivity index (χ0v) is 7.79. The fourth-order valence-electron chi connectivity index (χ4n) is 2.44. The van der Waals surface area contributed by atoms with Gasteiger partial charge in [-0.3, -0.25) is 0 Å². The van der Waals surface area contributed by atoms with E-state index in [0.29, 0.717) is 12.4 Å². The molecule has 1 aliphatic heterocycles. The summed E-state index contributed by atoms with van der Waals surface area (Å²) in [6.45, 7) is 0.657. The lowest BCUT2D eigenvalue weighted by molar-refractivity contribution is 0.256. The molecule has 1 fully saturated rings. The molecule has 2 nitrogen and oxygen atoms in total. The van der Waals surface area contributed by atoms with Crippen LogP contribution in [0.2, 0.25) is 0 Å². The fraction of sp³-hybridized carbons (Fsp3) is 0.455. The first kappa shape index (κ1) is 8.24. The Morgan fingerprint density at radius 1 is 1.50 bits per heavy atom. The summed E-state index contributed by atoms with van der Waals surface area (Å²) in [5, 5.41) is 0. The van der Waals surface area contributed by atoms with Gasteiger partial charge in [-0.15, -0.1) is 0 Å². The summed E-state index contributed by atoms with van der Waals surface area (Å²) >= 11 is 0. The normalized spacial score (nSPS) is 33.7. The Morgan fingerprint density at radius 3 is 3.00 bits per heavy atom. The van der Waals surface area contributed by atoms with E-state index in [1.165, 1.54) is 12.1 Å². The number of benzene rings is 1. The van der Waals surface area contributed by atoms with Crippen LogP contribution >= 0.6 is 0 Å². The van der Waals surface area contributed by atoms with Gasteiger partial charge in [-0.1, -0.05) is 6.07 Å². The first-order valence-corrected chi connectivity index (χ1v) is 4.91. The Bertz CT molecular complexity index is 393. The molecule has 2 N–H and O–H groups in total. The summed E-state index contributed by atoms with van der Waals surface area (Å²) in [6, 6.07) is 4.99. The largest absolute Gasteiger partial charge is 0.493 e. The Morgan fingerprint density at radius 2 is 2.29 bits per heavy atom. The molecule has 0 radical (unpaired) electrons. The predicted molar refractivity (Wildman–Crippen MR) is 50.8 cm³/mol. The van der Waals surface area contributed by atoms with Crippen molar-refractivity contribution < 1.29 is 9.13 Å². The molecule has 1 heterocycles. The van der Waals surface area contributed by atoms with E-state index < -0.39 is 0 Å². The number of rotatable bonds is 0. The summed E-state index contributed by atoms with van der Waals surface area (Å²) in [4.78, 5) is 0. The highest BCUT2D eigenvalue weighted by molar-refractivity contribution is 5.47. The number of halogens is 1. The van der Waals surface area contributed by atoms with Crippen LogP contribution in [-0.2, 0) is 5.41 Å². The zero-order chi connectivity index (χ0) is 9.76. The van der Waals surface area contributed by atoms with Crippen molar-refractivity contribution in [2.24, 2.45) is 5.73 Å². The molecule has 14 heavy (non-hydrogen) atoms. The van der Waals surface area contributed by atoms with Gasteiger partial charge in [0.25, 0.3) is 0 Å². The van der Waals surface area contributed by atoms with Crippen LogP contribution in [0.15, 0.2) is 18.2 Å². The first-order chi connectivity index (χ1) is 6.72. The molecule has 0 aromatic heterocycles. The van der Waals surface area contributed by atoms with E-state index in [2.05, 4.69) is 0 Å². The topological polar surface area (TPSA) is 35.2 Å². The average Bonchev–Trinajstić information content (AvgIpc) is 2.77. The number of hydrogen-bond acceptors (Lipinski definition) is 2. The zero-order valence-electron chi connectivity index (χ0n) is 7.79. The van der Waals surface area contributed by atoms with E-state index in [-0.39, 0.29) is 17.3 Å². The summed E-state index contributed by atoms with van der Waals surface area (Å²) in [7, 11) is 0. The molecule has 2 aliphatic rings. The summed E-state index contributed by atoms with van der Waals surface area (Å²) in [5.41, 5.74) is 7.13. The second-order valence-electron chi connectivity index (χ2n) is 4.21. The molecule has 1 aliphatic carbocycles. The molecule has 2 unspecified atom stereocenters. The van der Waals surface area contributed by atoms with Gasteiger partial charge in [0.05, 0.1) is 6.61 Å². The van der Waals surface area contributed by atoms with E-state index in [9.17, 15) is 4.39 Å². The Hall–Kier alpha value is -1.09. The van der Waals surface area contributed by atoms with Gasteiger partial charge in [0.15, 0.2) is 0 Å².